The molecule has 38 heavy (non-hydrogen) atoms. The summed E-state index contributed by atoms with van der Waals surface area (Å²) >= 11 is 3.04. The van der Waals surface area contributed by atoms with Gasteiger partial charge in [0.05, 0.1) is 35.0 Å². The Morgan fingerprint density at radius 3 is 2.82 bits per heavy atom. The van der Waals surface area contributed by atoms with Crippen LogP contribution in [0.2, 0.25) is 0 Å². The Labute approximate surface area is 226 Å². The minimum absolute atomic E-state index is 0.0482. The van der Waals surface area contributed by atoms with Gasteiger partial charge in [0, 0.05) is 36.2 Å². The second-order valence-corrected chi connectivity index (χ2v) is 11.7. The summed E-state index contributed by atoms with van der Waals surface area (Å²) in [6, 6.07) is 15.2. The van der Waals surface area contributed by atoms with Gasteiger partial charge in [0.25, 0.3) is 5.56 Å². The van der Waals surface area contributed by atoms with Crippen LogP contribution in [0.25, 0.3) is 21.9 Å². The van der Waals surface area contributed by atoms with Crippen molar-refractivity contribution in [2.24, 2.45) is 7.05 Å². The van der Waals surface area contributed by atoms with Crippen molar-refractivity contribution in [3.8, 4) is 5.75 Å². The van der Waals surface area contributed by atoms with Crippen LogP contribution in [0.1, 0.15) is 23.1 Å². The average Bonchev–Trinajstić information content (AvgIpc) is 3.63. The third-order valence-corrected chi connectivity index (χ3v) is 9.67. The fourth-order valence-electron chi connectivity index (χ4n) is 4.79. The summed E-state index contributed by atoms with van der Waals surface area (Å²) in [4.78, 5) is 30.9. The molecule has 1 amide bonds. The molecular formula is C28H25N3O5S2. The van der Waals surface area contributed by atoms with E-state index in [4.69, 9.17) is 13.6 Å². The number of anilines is 1. The molecule has 2 atom stereocenters. The molecule has 0 unspecified atom stereocenters. The first-order valence-electron chi connectivity index (χ1n) is 12.1. The van der Waals surface area contributed by atoms with E-state index in [1.54, 1.807) is 42.8 Å². The Balaban J connectivity index is 1.22. The third-order valence-electron chi connectivity index (χ3n) is 6.79. The molecule has 0 bridgehead atoms. The van der Waals surface area contributed by atoms with Crippen molar-refractivity contribution < 1.29 is 18.4 Å². The number of furan rings is 2. The van der Waals surface area contributed by atoms with Gasteiger partial charge >= 0.3 is 0 Å². The van der Waals surface area contributed by atoms with Gasteiger partial charge in [0.15, 0.2) is 0 Å². The minimum Gasteiger partial charge on any atom is -0.495 e. The molecule has 0 saturated heterocycles. The van der Waals surface area contributed by atoms with Gasteiger partial charge in [-0.3, -0.25) is 14.2 Å². The summed E-state index contributed by atoms with van der Waals surface area (Å²) in [5.74, 6) is 1.91. The van der Waals surface area contributed by atoms with Crippen LogP contribution in [0, 0.1) is 6.92 Å². The quantitative estimate of drug-likeness (QED) is 0.258. The summed E-state index contributed by atoms with van der Waals surface area (Å²) in [6.07, 6.45) is 2.19. The zero-order valence-electron chi connectivity index (χ0n) is 21.0. The number of nitrogens with one attached hydrogen (secondary N) is 1. The molecule has 2 aromatic carbocycles. The molecule has 4 heterocycles. The molecule has 0 spiro atoms. The van der Waals surface area contributed by atoms with Crippen molar-refractivity contribution in [3.05, 3.63) is 82.3 Å². The molecule has 1 N–H and O–H groups in total. The first kappa shape index (κ1) is 24.7. The van der Waals surface area contributed by atoms with E-state index in [0.717, 1.165) is 27.1 Å². The van der Waals surface area contributed by atoms with Gasteiger partial charge in [-0.1, -0.05) is 30.0 Å². The molecule has 0 aliphatic carbocycles. The summed E-state index contributed by atoms with van der Waals surface area (Å²) in [5.41, 5.74) is 2.64. The number of thioether (sulfide) groups is 2. The van der Waals surface area contributed by atoms with Crippen LogP contribution in [-0.4, -0.2) is 32.9 Å². The molecule has 6 rings (SSSR count). The molecule has 3 aromatic heterocycles. The monoisotopic (exact) mass is 547 g/mol. The lowest BCUT2D eigenvalue weighted by atomic mass is 9.99. The van der Waals surface area contributed by atoms with Gasteiger partial charge in [0.1, 0.15) is 33.5 Å². The number of aromatic nitrogens is 2. The number of hydrogen-bond acceptors (Lipinski definition) is 8. The number of carbonyl (C=O) groups is 1. The number of rotatable bonds is 7. The number of ether oxygens (including phenoxy) is 1. The molecule has 0 radical (unpaired) electrons. The zero-order chi connectivity index (χ0) is 26.4. The van der Waals surface area contributed by atoms with Crippen LogP contribution in [0.15, 0.2) is 73.4 Å². The van der Waals surface area contributed by atoms with E-state index >= 15 is 0 Å². The van der Waals surface area contributed by atoms with E-state index < -0.39 is 0 Å². The largest absolute Gasteiger partial charge is 0.495 e. The maximum Gasteiger partial charge on any atom is 0.257 e. The van der Waals surface area contributed by atoms with Crippen molar-refractivity contribution in [1.29, 1.82) is 0 Å². The number of methoxy groups -OCH3 is 1. The topological polar surface area (TPSA) is 99.5 Å². The van der Waals surface area contributed by atoms with Crippen molar-refractivity contribution >= 4 is 57.1 Å². The van der Waals surface area contributed by atoms with E-state index in [1.807, 2.05) is 49.4 Å². The molecule has 8 nitrogen and oxygen atoms in total. The number of benzene rings is 2. The molecule has 5 aromatic rings. The maximum absolute atomic E-state index is 13.2. The first-order valence-corrected chi connectivity index (χ1v) is 14.0. The molecule has 0 saturated carbocycles. The SMILES string of the molecule is COc1cc2c(cc1NC(=O)CS[C@H]1Sc3nc(C)n(C)c(=O)c3[C@H]1Cc1ccco1)oc1ccccc12. The molecule has 0 fully saturated rings. The van der Waals surface area contributed by atoms with Crippen LogP contribution in [0.4, 0.5) is 5.69 Å². The molecule has 194 valence electrons. The van der Waals surface area contributed by atoms with E-state index in [1.165, 1.54) is 11.8 Å². The van der Waals surface area contributed by atoms with Crippen molar-refractivity contribution in [2.45, 2.75) is 28.9 Å². The van der Waals surface area contributed by atoms with E-state index in [2.05, 4.69) is 10.3 Å². The Kier molecular flexibility index (Phi) is 6.45. The fraction of sp³-hybridized carbons (Fsp3) is 0.250. The number of carbonyl (C=O) groups excluding carboxylic acids is 1. The highest BCUT2D eigenvalue weighted by atomic mass is 32.2. The second-order valence-electron chi connectivity index (χ2n) is 9.12. The Hall–Kier alpha value is -3.63. The fourth-order valence-corrected chi connectivity index (χ4v) is 7.56. The third kappa shape index (κ3) is 4.37. The van der Waals surface area contributed by atoms with Gasteiger partial charge in [-0.25, -0.2) is 4.98 Å². The van der Waals surface area contributed by atoms with Crippen LogP contribution in [0.3, 0.4) is 0 Å². The Morgan fingerprint density at radius 2 is 2.03 bits per heavy atom. The lowest BCUT2D eigenvalue weighted by Gasteiger charge is -2.18. The minimum atomic E-state index is -0.172. The maximum atomic E-state index is 13.2. The predicted molar refractivity (Wildman–Crippen MR) is 150 cm³/mol. The van der Waals surface area contributed by atoms with Gasteiger partial charge in [0.2, 0.25) is 5.91 Å². The van der Waals surface area contributed by atoms with Gasteiger partial charge in [-0.2, -0.15) is 0 Å². The smallest absolute Gasteiger partial charge is 0.257 e. The highest BCUT2D eigenvalue weighted by molar-refractivity contribution is 8.17. The zero-order valence-corrected chi connectivity index (χ0v) is 22.7. The van der Waals surface area contributed by atoms with E-state index in [0.29, 0.717) is 34.8 Å². The number of amides is 1. The lowest BCUT2D eigenvalue weighted by Crippen LogP contribution is -2.27. The average molecular weight is 548 g/mol. The predicted octanol–water partition coefficient (Wildman–Crippen LogP) is 5.72. The van der Waals surface area contributed by atoms with Crippen LogP contribution in [-0.2, 0) is 18.3 Å². The number of fused-ring (bicyclic) bond motifs is 4. The van der Waals surface area contributed by atoms with Crippen molar-refractivity contribution in [3.63, 3.8) is 0 Å². The van der Waals surface area contributed by atoms with Crippen molar-refractivity contribution in [1.82, 2.24) is 9.55 Å². The highest BCUT2D eigenvalue weighted by Crippen LogP contribution is 2.49. The summed E-state index contributed by atoms with van der Waals surface area (Å²) in [6.45, 7) is 1.82. The molecule has 1 aliphatic rings. The normalized spacial score (nSPS) is 16.7. The Morgan fingerprint density at radius 1 is 1.18 bits per heavy atom. The number of hydrogen-bond donors (Lipinski definition) is 1. The summed E-state index contributed by atoms with van der Waals surface area (Å²) < 4.78 is 18.7. The number of aryl methyl sites for hydroxylation is 1. The Bertz CT molecular complexity index is 1720. The standard InChI is InChI=1S/C28H25N3O5S2/c1-15-29-26-25(27(33)31(15)2)19(11-16-7-6-10-35-16)28(38-26)37-14-24(32)30-20-13-22-18(12-23(20)34-3)17-8-4-5-9-21(17)36-22/h4-10,12-13,19,28H,11,14H2,1-3H3,(H,30,32)/t19-,28+/m1/s1. The number of nitrogens with zero attached hydrogens (tertiary/aromatic N) is 2. The van der Waals surface area contributed by atoms with Crippen LogP contribution < -0.4 is 15.6 Å². The van der Waals surface area contributed by atoms with Gasteiger partial charge in [-0.05, 0) is 31.2 Å². The van der Waals surface area contributed by atoms with Crippen LogP contribution >= 0.6 is 23.5 Å². The molecule has 10 heteroatoms. The second kappa shape index (κ2) is 9.92. The van der Waals surface area contributed by atoms with Gasteiger partial charge < -0.3 is 18.9 Å². The van der Waals surface area contributed by atoms with E-state index in [9.17, 15) is 9.59 Å². The lowest BCUT2D eigenvalue weighted by molar-refractivity contribution is -0.113. The molecule has 1 aliphatic heterocycles. The molecular weight excluding hydrogens is 522 g/mol. The first-order chi connectivity index (χ1) is 18.4. The highest BCUT2D eigenvalue weighted by Gasteiger charge is 2.39. The van der Waals surface area contributed by atoms with E-state index in [-0.39, 0.29) is 27.7 Å². The summed E-state index contributed by atoms with van der Waals surface area (Å²) in [5, 5.41) is 5.63. The number of para-hydroxylation sites is 1. The van der Waals surface area contributed by atoms with Crippen LogP contribution in [0.5, 0.6) is 5.75 Å². The summed E-state index contributed by atoms with van der Waals surface area (Å²) in [7, 11) is 3.31. The van der Waals surface area contributed by atoms with Crippen molar-refractivity contribution in [2.75, 3.05) is 18.2 Å². The van der Waals surface area contributed by atoms with Gasteiger partial charge in [-0.15, -0.1) is 11.8 Å².